The first kappa shape index (κ1) is 21.1. The van der Waals surface area contributed by atoms with Gasteiger partial charge in [0.25, 0.3) is 0 Å². The Kier molecular flexibility index (Phi) is 6.38. The molecule has 1 N–H and O–H groups in total. The van der Waals surface area contributed by atoms with Gasteiger partial charge in [-0.3, -0.25) is 0 Å². The second kappa shape index (κ2) is 9.36. The Balaban J connectivity index is 1.53. The zero-order valence-corrected chi connectivity index (χ0v) is 18.8. The summed E-state index contributed by atoms with van der Waals surface area (Å²) in [6.45, 7) is 6.98. The number of hydrogen-bond acceptors (Lipinski definition) is 4. The van der Waals surface area contributed by atoms with Gasteiger partial charge in [-0.15, -0.1) is 0 Å². The van der Waals surface area contributed by atoms with Crippen LogP contribution >= 0.6 is 11.6 Å². The maximum Gasteiger partial charge on any atom is 0.141 e. The highest BCUT2D eigenvalue weighted by atomic mass is 35.5. The fraction of sp³-hybridized carbons (Fsp3) is 0.231. The largest absolute Gasteiger partial charge is 0.487 e. The third kappa shape index (κ3) is 5.33. The van der Waals surface area contributed by atoms with Gasteiger partial charge < -0.3 is 10.1 Å². The van der Waals surface area contributed by atoms with Crippen LogP contribution in [-0.2, 0) is 13.0 Å². The molecule has 0 fully saturated rings. The minimum absolute atomic E-state index is 0.476. The number of fused-ring (bicyclic) bond motifs is 1. The van der Waals surface area contributed by atoms with E-state index in [4.69, 9.17) is 16.3 Å². The van der Waals surface area contributed by atoms with Crippen molar-refractivity contribution in [3.05, 3.63) is 88.7 Å². The van der Waals surface area contributed by atoms with E-state index in [-0.39, 0.29) is 0 Å². The summed E-state index contributed by atoms with van der Waals surface area (Å²) in [6.07, 6.45) is 2.59. The van der Waals surface area contributed by atoms with Gasteiger partial charge in [-0.25, -0.2) is 9.97 Å². The molecule has 1 heterocycles. The number of anilines is 2. The molecule has 0 atom stereocenters. The van der Waals surface area contributed by atoms with Crippen LogP contribution < -0.4 is 10.1 Å². The Morgan fingerprint density at radius 1 is 0.968 bits per heavy atom. The summed E-state index contributed by atoms with van der Waals surface area (Å²) in [4.78, 5) is 8.86. The van der Waals surface area contributed by atoms with Crippen molar-refractivity contribution in [2.45, 2.75) is 33.8 Å². The van der Waals surface area contributed by atoms with Crippen LogP contribution in [0.2, 0.25) is 5.02 Å². The highest BCUT2D eigenvalue weighted by Crippen LogP contribution is 2.31. The molecule has 1 aromatic heterocycles. The van der Waals surface area contributed by atoms with Crippen LogP contribution in [0.4, 0.5) is 11.5 Å². The molecular formula is C26H26ClN3O. The Bertz CT molecular complexity index is 1210. The van der Waals surface area contributed by atoms with Gasteiger partial charge in [0.15, 0.2) is 0 Å². The standard InChI is InChI=1S/C26H26ClN3O/c1-17(2)11-19-7-9-24-22(13-19)26(29-16-28-24)30-21-8-10-25(23(27)14-21)31-15-20-6-4-5-18(3)12-20/h4-10,12-14,16-17H,11,15H2,1-3H3,(H,28,29,30). The number of rotatable bonds is 7. The number of aryl methyl sites for hydroxylation is 1. The van der Waals surface area contributed by atoms with E-state index in [1.807, 2.05) is 30.3 Å². The lowest BCUT2D eigenvalue weighted by atomic mass is 10.0. The maximum absolute atomic E-state index is 6.50. The molecule has 0 unspecified atom stereocenters. The summed E-state index contributed by atoms with van der Waals surface area (Å²) < 4.78 is 5.92. The molecule has 0 aliphatic carbocycles. The van der Waals surface area contributed by atoms with Crippen LogP contribution in [-0.4, -0.2) is 9.97 Å². The highest BCUT2D eigenvalue weighted by Gasteiger charge is 2.09. The van der Waals surface area contributed by atoms with E-state index in [2.05, 4.69) is 66.4 Å². The summed E-state index contributed by atoms with van der Waals surface area (Å²) in [5.41, 5.74) is 5.36. The zero-order chi connectivity index (χ0) is 21.8. The Morgan fingerprint density at radius 3 is 2.61 bits per heavy atom. The normalized spacial score (nSPS) is 11.1. The quantitative estimate of drug-likeness (QED) is 0.338. The van der Waals surface area contributed by atoms with Gasteiger partial charge in [0.2, 0.25) is 0 Å². The topological polar surface area (TPSA) is 47.0 Å². The van der Waals surface area contributed by atoms with Crippen molar-refractivity contribution in [1.82, 2.24) is 9.97 Å². The van der Waals surface area contributed by atoms with Crippen molar-refractivity contribution < 1.29 is 4.74 Å². The predicted molar refractivity (Wildman–Crippen MR) is 128 cm³/mol. The summed E-state index contributed by atoms with van der Waals surface area (Å²) >= 11 is 6.50. The van der Waals surface area contributed by atoms with Crippen LogP contribution in [0.25, 0.3) is 10.9 Å². The molecule has 158 valence electrons. The molecule has 4 nitrogen and oxygen atoms in total. The smallest absolute Gasteiger partial charge is 0.141 e. The average Bonchev–Trinajstić information content (AvgIpc) is 2.73. The van der Waals surface area contributed by atoms with Crippen LogP contribution in [0.1, 0.15) is 30.5 Å². The van der Waals surface area contributed by atoms with Gasteiger partial charge in [-0.05, 0) is 60.7 Å². The zero-order valence-electron chi connectivity index (χ0n) is 18.0. The SMILES string of the molecule is Cc1cccc(COc2ccc(Nc3ncnc4ccc(CC(C)C)cc34)cc2Cl)c1. The molecule has 31 heavy (non-hydrogen) atoms. The Labute approximate surface area is 188 Å². The van der Waals surface area contributed by atoms with Crippen molar-refractivity contribution >= 4 is 34.0 Å². The predicted octanol–water partition coefficient (Wildman–Crippen LogP) is 7.11. The van der Waals surface area contributed by atoms with E-state index in [9.17, 15) is 0 Å². The van der Waals surface area contributed by atoms with Crippen molar-refractivity contribution in [1.29, 1.82) is 0 Å². The summed E-state index contributed by atoms with van der Waals surface area (Å²) in [7, 11) is 0. The number of aromatic nitrogens is 2. The van der Waals surface area contributed by atoms with E-state index in [1.165, 1.54) is 11.1 Å². The molecule has 0 radical (unpaired) electrons. The molecule has 0 saturated carbocycles. The Morgan fingerprint density at radius 2 is 1.84 bits per heavy atom. The molecule has 3 aromatic carbocycles. The second-order valence-electron chi connectivity index (χ2n) is 8.22. The van der Waals surface area contributed by atoms with Crippen molar-refractivity contribution in [3.63, 3.8) is 0 Å². The molecule has 5 heteroatoms. The summed E-state index contributed by atoms with van der Waals surface area (Å²) in [5, 5.41) is 4.93. The number of benzene rings is 3. The molecule has 0 saturated heterocycles. The number of halogens is 1. The van der Waals surface area contributed by atoms with E-state index in [0.29, 0.717) is 23.3 Å². The van der Waals surface area contributed by atoms with Gasteiger partial charge in [-0.1, -0.05) is 61.3 Å². The van der Waals surface area contributed by atoms with Gasteiger partial charge in [0.05, 0.1) is 10.5 Å². The van der Waals surface area contributed by atoms with Gasteiger partial charge >= 0.3 is 0 Å². The average molecular weight is 432 g/mol. The fourth-order valence-electron chi connectivity index (χ4n) is 3.60. The molecule has 0 aliphatic rings. The van der Waals surface area contributed by atoms with Gasteiger partial charge in [-0.2, -0.15) is 0 Å². The van der Waals surface area contributed by atoms with Gasteiger partial charge in [0, 0.05) is 11.1 Å². The van der Waals surface area contributed by atoms with E-state index < -0.39 is 0 Å². The van der Waals surface area contributed by atoms with Crippen LogP contribution in [0.5, 0.6) is 5.75 Å². The van der Waals surface area contributed by atoms with Crippen LogP contribution in [0.15, 0.2) is 67.0 Å². The third-order valence-corrected chi connectivity index (χ3v) is 5.31. The number of nitrogens with one attached hydrogen (secondary N) is 1. The lowest BCUT2D eigenvalue weighted by molar-refractivity contribution is 0.306. The molecular weight excluding hydrogens is 406 g/mol. The minimum atomic E-state index is 0.476. The molecule has 0 aliphatic heterocycles. The van der Waals surface area contributed by atoms with E-state index in [1.54, 1.807) is 6.33 Å². The highest BCUT2D eigenvalue weighted by molar-refractivity contribution is 6.32. The second-order valence-corrected chi connectivity index (χ2v) is 8.63. The number of ether oxygens (including phenoxy) is 1. The maximum atomic E-state index is 6.50. The lowest BCUT2D eigenvalue weighted by Crippen LogP contribution is -1.99. The first-order valence-corrected chi connectivity index (χ1v) is 10.8. The van der Waals surface area contributed by atoms with E-state index >= 15 is 0 Å². The first-order valence-electron chi connectivity index (χ1n) is 10.5. The van der Waals surface area contributed by atoms with Crippen LogP contribution in [0.3, 0.4) is 0 Å². The monoisotopic (exact) mass is 431 g/mol. The Hall–Kier alpha value is -3.11. The number of hydrogen-bond donors (Lipinski definition) is 1. The first-order chi connectivity index (χ1) is 15.0. The van der Waals surface area contributed by atoms with Crippen molar-refractivity contribution in [3.8, 4) is 5.75 Å². The van der Waals surface area contributed by atoms with E-state index in [0.717, 1.165) is 34.4 Å². The molecule has 4 aromatic rings. The fourth-order valence-corrected chi connectivity index (χ4v) is 3.83. The van der Waals surface area contributed by atoms with Crippen LogP contribution in [0, 0.1) is 12.8 Å². The molecule has 0 amide bonds. The summed E-state index contributed by atoms with van der Waals surface area (Å²) in [5.74, 6) is 2.00. The minimum Gasteiger partial charge on any atom is -0.487 e. The molecule has 4 rings (SSSR count). The molecule has 0 spiro atoms. The summed E-state index contributed by atoms with van der Waals surface area (Å²) in [6, 6.07) is 20.3. The van der Waals surface area contributed by atoms with Gasteiger partial charge in [0.1, 0.15) is 24.5 Å². The lowest BCUT2D eigenvalue weighted by Gasteiger charge is -2.13. The molecule has 0 bridgehead atoms. The van der Waals surface area contributed by atoms with Crippen molar-refractivity contribution in [2.75, 3.05) is 5.32 Å². The number of nitrogens with zero attached hydrogens (tertiary/aromatic N) is 2. The van der Waals surface area contributed by atoms with Crippen molar-refractivity contribution in [2.24, 2.45) is 5.92 Å². The third-order valence-electron chi connectivity index (χ3n) is 5.02.